The summed E-state index contributed by atoms with van der Waals surface area (Å²) in [4.78, 5) is 8.00. The van der Waals surface area contributed by atoms with Gasteiger partial charge in [0, 0.05) is 20.3 Å². The fourth-order valence-corrected chi connectivity index (χ4v) is 1.72. The Labute approximate surface area is 91.0 Å². The Bertz CT molecular complexity index is 253. The number of hydrogen-bond donors (Lipinski definition) is 1. The summed E-state index contributed by atoms with van der Waals surface area (Å²) in [7, 11) is 1.70. The zero-order valence-electron chi connectivity index (χ0n) is 9.48. The van der Waals surface area contributed by atoms with Gasteiger partial charge in [0.2, 0.25) is 0 Å². The van der Waals surface area contributed by atoms with Gasteiger partial charge in [-0.2, -0.15) is 5.10 Å². The fourth-order valence-electron chi connectivity index (χ4n) is 1.72. The molecule has 0 bridgehead atoms. The molecule has 0 radical (unpaired) electrons. The maximum atomic E-state index is 4.18. The largest absolute Gasteiger partial charge is 0.315 e. The molecule has 0 aromatic carbocycles. The van der Waals surface area contributed by atoms with E-state index in [9.17, 15) is 0 Å². The van der Waals surface area contributed by atoms with Gasteiger partial charge < -0.3 is 5.32 Å². The maximum Gasteiger partial charge on any atom is 0.124 e. The lowest BCUT2D eigenvalue weighted by Gasteiger charge is -2.31. The molecule has 0 aromatic rings. The van der Waals surface area contributed by atoms with Crippen LogP contribution in [0.4, 0.5) is 0 Å². The van der Waals surface area contributed by atoms with E-state index in [0.717, 1.165) is 25.3 Å². The fraction of sp³-hybridized carbons (Fsp3) is 0.700. The van der Waals surface area contributed by atoms with E-state index >= 15 is 0 Å². The third-order valence-corrected chi connectivity index (χ3v) is 2.46. The number of nitrogens with one attached hydrogen (secondary N) is 1. The molecular formula is C10H19N5. The number of aliphatic imine (C=N–C) groups is 2. The van der Waals surface area contributed by atoms with Gasteiger partial charge in [0.1, 0.15) is 12.2 Å². The van der Waals surface area contributed by atoms with Crippen LogP contribution in [0.3, 0.4) is 0 Å². The van der Waals surface area contributed by atoms with Gasteiger partial charge in [0.25, 0.3) is 0 Å². The molecule has 1 atom stereocenters. The van der Waals surface area contributed by atoms with Gasteiger partial charge in [-0.05, 0) is 26.3 Å². The van der Waals surface area contributed by atoms with Crippen molar-refractivity contribution in [2.24, 2.45) is 15.1 Å². The molecule has 1 saturated heterocycles. The van der Waals surface area contributed by atoms with Crippen molar-refractivity contribution in [3.05, 3.63) is 0 Å². The van der Waals surface area contributed by atoms with Crippen LogP contribution in [0.25, 0.3) is 0 Å². The minimum Gasteiger partial charge on any atom is -0.315 e. The normalized spacial score (nSPS) is 23.1. The van der Waals surface area contributed by atoms with Gasteiger partial charge in [0.15, 0.2) is 0 Å². The van der Waals surface area contributed by atoms with E-state index in [1.54, 1.807) is 7.05 Å². The summed E-state index contributed by atoms with van der Waals surface area (Å²) in [5, 5.41) is 9.23. The van der Waals surface area contributed by atoms with Crippen LogP contribution in [0.5, 0.6) is 0 Å². The van der Waals surface area contributed by atoms with Crippen LogP contribution in [-0.2, 0) is 0 Å². The highest BCUT2D eigenvalue weighted by Crippen LogP contribution is 2.11. The summed E-state index contributed by atoms with van der Waals surface area (Å²) >= 11 is 0. The van der Waals surface area contributed by atoms with E-state index in [-0.39, 0.29) is 0 Å². The van der Waals surface area contributed by atoms with Gasteiger partial charge >= 0.3 is 0 Å². The van der Waals surface area contributed by atoms with E-state index in [1.165, 1.54) is 12.8 Å². The van der Waals surface area contributed by atoms with Crippen molar-refractivity contribution in [2.75, 3.05) is 20.1 Å². The molecule has 5 nitrogen and oxygen atoms in total. The summed E-state index contributed by atoms with van der Waals surface area (Å²) in [5.41, 5.74) is 0. The maximum absolute atomic E-state index is 4.18. The molecular weight excluding hydrogens is 190 g/mol. The van der Waals surface area contributed by atoms with Crippen molar-refractivity contribution in [3.8, 4) is 0 Å². The summed E-state index contributed by atoms with van der Waals surface area (Å²) in [5.74, 6) is 0.837. The Balaban J connectivity index is 2.64. The molecule has 84 valence electrons. The second kappa shape index (κ2) is 6.29. The third-order valence-electron chi connectivity index (χ3n) is 2.46. The molecule has 5 heteroatoms. The van der Waals surface area contributed by atoms with Crippen molar-refractivity contribution in [3.63, 3.8) is 0 Å². The monoisotopic (exact) mass is 209 g/mol. The van der Waals surface area contributed by atoms with Gasteiger partial charge in [-0.1, -0.05) is 0 Å². The van der Waals surface area contributed by atoms with Crippen molar-refractivity contribution >= 4 is 18.9 Å². The van der Waals surface area contributed by atoms with E-state index in [1.807, 2.05) is 11.9 Å². The first kappa shape index (κ1) is 11.8. The van der Waals surface area contributed by atoms with E-state index in [0.29, 0.717) is 6.04 Å². The Hall–Kier alpha value is -1.23. The Morgan fingerprint density at radius 2 is 2.40 bits per heavy atom. The first-order valence-electron chi connectivity index (χ1n) is 5.21. The summed E-state index contributed by atoms with van der Waals surface area (Å²) in [6.45, 7) is 7.54. The predicted octanol–water partition coefficient (Wildman–Crippen LogP) is 0.732. The quantitative estimate of drug-likeness (QED) is 0.423. The molecule has 15 heavy (non-hydrogen) atoms. The number of nitrogens with zero attached hydrogens (tertiary/aromatic N) is 4. The molecule has 1 N–H and O–H groups in total. The number of hydrogen-bond acceptors (Lipinski definition) is 3. The Morgan fingerprint density at radius 1 is 1.60 bits per heavy atom. The highest BCUT2D eigenvalue weighted by Gasteiger charge is 2.20. The highest BCUT2D eigenvalue weighted by molar-refractivity contribution is 5.87. The standard InChI is InChI=1S/C10H19N5/c1-9(14-8-11-2)15(12-3)10-5-4-6-13-7-10/h8,10,13H,3-7H2,1-2H3/b11-8-,14-9+/t10-/m1/s1. The number of hydrazone groups is 1. The smallest absolute Gasteiger partial charge is 0.124 e. The van der Waals surface area contributed by atoms with Crippen molar-refractivity contribution in [1.29, 1.82) is 0 Å². The molecule has 0 unspecified atom stereocenters. The van der Waals surface area contributed by atoms with Crippen LogP contribution >= 0.6 is 0 Å². The lowest BCUT2D eigenvalue weighted by molar-refractivity contribution is 0.266. The lowest BCUT2D eigenvalue weighted by Crippen LogP contribution is -2.45. The second-order valence-corrected chi connectivity index (χ2v) is 3.54. The Kier molecular flexibility index (Phi) is 4.97. The first-order chi connectivity index (χ1) is 7.29. The summed E-state index contributed by atoms with van der Waals surface area (Å²) < 4.78 is 0. The molecule has 0 aromatic heterocycles. The topological polar surface area (TPSA) is 52.4 Å². The summed E-state index contributed by atoms with van der Waals surface area (Å²) in [6, 6.07) is 0.366. The zero-order chi connectivity index (χ0) is 11.1. The lowest BCUT2D eigenvalue weighted by atomic mass is 10.1. The van der Waals surface area contributed by atoms with Crippen LogP contribution in [0.2, 0.25) is 0 Å². The first-order valence-corrected chi connectivity index (χ1v) is 5.21. The molecule has 1 rings (SSSR count). The van der Waals surface area contributed by atoms with Gasteiger partial charge in [-0.15, -0.1) is 0 Å². The Morgan fingerprint density at radius 3 is 2.93 bits per heavy atom. The third kappa shape index (κ3) is 3.43. The van der Waals surface area contributed by atoms with Crippen LogP contribution < -0.4 is 5.32 Å². The van der Waals surface area contributed by atoms with Crippen LogP contribution in [0, 0.1) is 0 Å². The van der Waals surface area contributed by atoms with Gasteiger partial charge in [-0.3, -0.25) is 4.99 Å². The van der Waals surface area contributed by atoms with Crippen molar-refractivity contribution in [1.82, 2.24) is 10.3 Å². The van der Waals surface area contributed by atoms with Gasteiger partial charge in [0.05, 0.1) is 6.04 Å². The van der Waals surface area contributed by atoms with Crippen molar-refractivity contribution in [2.45, 2.75) is 25.8 Å². The van der Waals surface area contributed by atoms with E-state index in [2.05, 4.69) is 27.1 Å². The molecule has 0 aliphatic carbocycles. The minimum absolute atomic E-state index is 0.366. The zero-order valence-corrected chi connectivity index (χ0v) is 9.48. The molecule has 0 amide bonds. The molecule has 1 aliphatic rings. The van der Waals surface area contributed by atoms with E-state index < -0.39 is 0 Å². The number of piperidine rings is 1. The molecule has 0 saturated carbocycles. The van der Waals surface area contributed by atoms with Gasteiger partial charge in [-0.25, -0.2) is 10.0 Å². The van der Waals surface area contributed by atoms with Crippen molar-refractivity contribution < 1.29 is 0 Å². The summed E-state index contributed by atoms with van der Waals surface area (Å²) in [6.07, 6.45) is 3.83. The van der Waals surface area contributed by atoms with Crippen LogP contribution in [0.15, 0.2) is 15.1 Å². The molecule has 1 aliphatic heterocycles. The SMILES string of the molecule is C=NN(/C(C)=N/C=N\C)[C@@H]1CCCNC1. The number of amidine groups is 1. The van der Waals surface area contributed by atoms with E-state index in [4.69, 9.17) is 0 Å². The number of rotatable bonds is 3. The average molecular weight is 209 g/mol. The highest BCUT2D eigenvalue weighted by atomic mass is 15.5. The average Bonchev–Trinajstić information content (AvgIpc) is 2.29. The molecule has 1 fully saturated rings. The predicted molar refractivity (Wildman–Crippen MR) is 64.8 cm³/mol. The second-order valence-electron chi connectivity index (χ2n) is 3.54. The van der Waals surface area contributed by atoms with Crippen LogP contribution in [0.1, 0.15) is 19.8 Å². The molecule has 1 heterocycles. The molecule has 0 spiro atoms. The van der Waals surface area contributed by atoms with Crippen LogP contribution in [-0.4, -0.2) is 50.1 Å². The minimum atomic E-state index is 0.366.